The highest BCUT2D eigenvalue weighted by molar-refractivity contribution is 5.52. The third kappa shape index (κ3) is 2.15. The summed E-state index contributed by atoms with van der Waals surface area (Å²) < 4.78 is 0. The van der Waals surface area contributed by atoms with Crippen LogP contribution >= 0.6 is 0 Å². The molecule has 2 N–H and O–H groups in total. The smallest absolute Gasteiger partial charge is 0.0371 e. The zero-order valence-corrected chi connectivity index (χ0v) is 9.66. The molecule has 1 aromatic rings. The molecule has 0 atom stereocenters. The first kappa shape index (κ1) is 10.5. The molecule has 0 spiro atoms. The average Bonchev–Trinajstić information content (AvgIpc) is 3.03. The fraction of sp³-hybridized carbons (Fsp3) is 0.538. The Morgan fingerprint density at radius 2 is 2.13 bits per heavy atom. The summed E-state index contributed by atoms with van der Waals surface area (Å²) in [6.07, 6.45) is 2.71. The molecule has 0 heterocycles. The minimum Gasteiger partial charge on any atom is -0.369 e. The van der Waals surface area contributed by atoms with E-state index in [1.54, 1.807) is 0 Å². The molecule has 15 heavy (non-hydrogen) atoms. The first-order chi connectivity index (χ1) is 7.26. The lowest BCUT2D eigenvalue weighted by atomic mass is 10.1. The minimum absolute atomic E-state index is 0.641. The number of benzene rings is 1. The number of hydrogen-bond donors (Lipinski definition) is 1. The summed E-state index contributed by atoms with van der Waals surface area (Å²) in [5.74, 6) is 0. The number of hydrogen-bond acceptors (Lipinski definition) is 2. The van der Waals surface area contributed by atoms with Crippen molar-refractivity contribution in [3.63, 3.8) is 0 Å². The minimum atomic E-state index is 0.641. The second kappa shape index (κ2) is 4.23. The van der Waals surface area contributed by atoms with Gasteiger partial charge in [0.2, 0.25) is 0 Å². The molecule has 82 valence electrons. The van der Waals surface area contributed by atoms with E-state index < -0.39 is 0 Å². The van der Waals surface area contributed by atoms with Gasteiger partial charge in [0, 0.05) is 24.8 Å². The normalized spacial score (nSPS) is 15.4. The molecule has 1 aliphatic rings. The van der Waals surface area contributed by atoms with Gasteiger partial charge in [-0.3, -0.25) is 0 Å². The standard InChI is InChI=1S/C13H20N2/c1-3-15(12-6-7-12)13-5-4-11(9-14)10(2)8-13/h4-5,8,12H,3,6-7,9,14H2,1-2H3. The van der Waals surface area contributed by atoms with Crippen LogP contribution < -0.4 is 10.6 Å². The van der Waals surface area contributed by atoms with E-state index >= 15 is 0 Å². The van der Waals surface area contributed by atoms with Crippen LogP contribution in [0.25, 0.3) is 0 Å². The van der Waals surface area contributed by atoms with Crippen molar-refractivity contribution in [2.24, 2.45) is 5.73 Å². The maximum atomic E-state index is 5.67. The largest absolute Gasteiger partial charge is 0.369 e. The van der Waals surface area contributed by atoms with Crippen LogP contribution in [-0.2, 0) is 6.54 Å². The molecule has 0 aliphatic heterocycles. The van der Waals surface area contributed by atoms with Gasteiger partial charge in [-0.25, -0.2) is 0 Å². The molecular formula is C13H20N2. The third-order valence-electron chi connectivity index (χ3n) is 3.21. The zero-order valence-electron chi connectivity index (χ0n) is 9.66. The second-order valence-electron chi connectivity index (χ2n) is 4.33. The van der Waals surface area contributed by atoms with Crippen molar-refractivity contribution in [3.8, 4) is 0 Å². The molecule has 0 radical (unpaired) electrons. The van der Waals surface area contributed by atoms with Crippen LogP contribution in [0.15, 0.2) is 18.2 Å². The van der Waals surface area contributed by atoms with Crippen LogP contribution in [0, 0.1) is 6.92 Å². The van der Waals surface area contributed by atoms with E-state index in [0.29, 0.717) is 6.54 Å². The lowest BCUT2D eigenvalue weighted by Crippen LogP contribution is -2.25. The molecule has 0 aromatic heterocycles. The van der Waals surface area contributed by atoms with Gasteiger partial charge in [-0.15, -0.1) is 0 Å². The van der Waals surface area contributed by atoms with E-state index in [2.05, 4.69) is 36.9 Å². The van der Waals surface area contributed by atoms with Crippen molar-refractivity contribution in [2.75, 3.05) is 11.4 Å². The number of aryl methyl sites for hydroxylation is 1. The van der Waals surface area contributed by atoms with Crippen molar-refractivity contribution in [1.82, 2.24) is 0 Å². The number of anilines is 1. The summed E-state index contributed by atoms with van der Waals surface area (Å²) >= 11 is 0. The Morgan fingerprint density at radius 1 is 1.40 bits per heavy atom. The maximum Gasteiger partial charge on any atom is 0.0371 e. The Balaban J connectivity index is 2.23. The van der Waals surface area contributed by atoms with Gasteiger partial charge in [-0.1, -0.05) is 6.07 Å². The SMILES string of the molecule is CCN(c1ccc(CN)c(C)c1)C1CC1. The van der Waals surface area contributed by atoms with E-state index in [-0.39, 0.29) is 0 Å². The third-order valence-corrected chi connectivity index (χ3v) is 3.21. The number of nitrogens with zero attached hydrogens (tertiary/aromatic N) is 1. The molecule has 1 fully saturated rings. The van der Waals surface area contributed by atoms with Gasteiger partial charge in [0.05, 0.1) is 0 Å². The van der Waals surface area contributed by atoms with Gasteiger partial charge in [-0.2, -0.15) is 0 Å². The van der Waals surface area contributed by atoms with Gasteiger partial charge in [0.25, 0.3) is 0 Å². The average molecular weight is 204 g/mol. The van der Waals surface area contributed by atoms with E-state index in [9.17, 15) is 0 Å². The molecule has 1 saturated carbocycles. The van der Waals surface area contributed by atoms with E-state index in [0.717, 1.165) is 12.6 Å². The van der Waals surface area contributed by atoms with Gasteiger partial charge < -0.3 is 10.6 Å². The van der Waals surface area contributed by atoms with Crippen molar-refractivity contribution in [1.29, 1.82) is 0 Å². The fourth-order valence-corrected chi connectivity index (χ4v) is 2.13. The molecule has 0 amide bonds. The molecule has 1 aliphatic carbocycles. The van der Waals surface area contributed by atoms with Crippen molar-refractivity contribution in [2.45, 2.75) is 39.3 Å². The van der Waals surface area contributed by atoms with Crippen LogP contribution in [-0.4, -0.2) is 12.6 Å². The second-order valence-corrected chi connectivity index (χ2v) is 4.33. The van der Waals surface area contributed by atoms with Crippen LogP contribution in [0.3, 0.4) is 0 Å². The number of nitrogens with two attached hydrogens (primary N) is 1. The van der Waals surface area contributed by atoms with Crippen molar-refractivity contribution in [3.05, 3.63) is 29.3 Å². The molecule has 2 heteroatoms. The first-order valence-electron chi connectivity index (χ1n) is 5.82. The predicted molar refractivity (Wildman–Crippen MR) is 65.1 cm³/mol. The molecule has 2 rings (SSSR count). The summed E-state index contributed by atoms with van der Waals surface area (Å²) in [4.78, 5) is 2.49. The van der Waals surface area contributed by atoms with Crippen LogP contribution in [0.5, 0.6) is 0 Å². The maximum absolute atomic E-state index is 5.67. The topological polar surface area (TPSA) is 29.3 Å². The summed E-state index contributed by atoms with van der Waals surface area (Å²) in [7, 11) is 0. The Bertz CT molecular complexity index is 342. The van der Waals surface area contributed by atoms with E-state index in [1.807, 2.05) is 0 Å². The van der Waals surface area contributed by atoms with E-state index in [1.165, 1.54) is 29.7 Å². The summed E-state index contributed by atoms with van der Waals surface area (Å²) in [6.45, 7) is 6.12. The lowest BCUT2D eigenvalue weighted by molar-refractivity contribution is 0.825. The monoisotopic (exact) mass is 204 g/mol. The summed E-state index contributed by atoms with van der Waals surface area (Å²) in [5, 5.41) is 0. The molecule has 0 bridgehead atoms. The highest BCUT2D eigenvalue weighted by atomic mass is 15.2. The Hall–Kier alpha value is -1.02. The van der Waals surface area contributed by atoms with Crippen LogP contribution in [0.2, 0.25) is 0 Å². The molecule has 1 aromatic carbocycles. The fourth-order valence-electron chi connectivity index (χ4n) is 2.13. The van der Waals surface area contributed by atoms with Crippen LogP contribution in [0.1, 0.15) is 30.9 Å². The lowest BCUT2D eigenvalue weighted by Gasteiger charge is -2.23. The van der Waals surface area contributed by atoms with Gasteiger partial charge in [0.1, 0.15) is 0 Å². The molecule has 0 saturated heterocycles. The highest BCUT2D eigenvalue weighted by Gasteiger charge is 2.28. The quantitative estimate of drug-likeness (QED) is 0.816. The van der Waals surface area contributed by atoms with Gasteiger partial charge in [-0.05, 0) is 49.9 Å². The Morgan fingerprint density at radius 3 is 2.60 bits per heavy atom. The highest BCUT2D eigenvalue weighted by Crippen LogP contribution is 2.32. The Kier molecular flexibility index (Phi) is 2.96. The van der Waals surface area contributed by atoms with Gasteiger partial charge >= 0.3 is 0 Å². The number of rotatable bonds is 4. The predicted octanol–water partition coefficient (Wildman–Crippen LogP) is 2.44. The van der Waals surface area contributed by atoms with E-state index in [4.69, 9.17) is 5.73 Å². The van der Waals surface area contributed by atoms with Crippen molar-refractivity contribution < 1.29 is 0 Å². The first-order valence-corrected chi connectivity index (χ1v) is 5.82. The molecular weight excluding hydrogens is 184 g/mol. The van der Waals surface area contributed by atoms with Crippen LogP contribution in [0.4, 0.5) is 5.69 Å². The molecule has 0 unspecified atom stereocenters. The van der Waals surface area contributed by atoms with Crippen molar-refractivity contribution >= 4 is 5.69 Å². The summed E-state index contributed by atoms with van der Waals surface area (Å²) in [6, 6.07) is 7.43. The summed E-state index contributed by atoms with van der Waals surface area (Å²) in [5.41, 5.74) is 9.59. The Labute approximate surface area is 92.1 Å². The zero-order chi connectivity index (χ0) is 10.8. The van der Waals surface area contributed by atoms with Gasteiger partial charge in [0.15, 0.2) is 0 Å². The molecule has 2 nitrogen and oxygen atoms in total.